The third-order valence-corrected chi connectivity index (χ3v) is 3.00. The third kappa shape index (κ3) is 2.92. The molecule has 1 aliphatic heterocycles. The monoisotopic (exact) mass is 251 g/mol. The van der Waals surface area contributed by atoms with Crippen molar-refractivity contribution in [2.45, 2.75) is 18.9 Å². The Hall–Kier alpha value is -1.75. The lowest BCUT2D eigenvalue weighted by atomic mass is 10.1. The summed E-state index contributed by atoms with van der Waals surface area (Å²) in [6.07, 6.45) is 1.60. The van der Waals surface area contributed by atoms with Crippen molar-refractivity contribution in [3.8, 4) is 11.5 Å². The molecule has 5 nitrogen and oxygen atoms in total. The summed E-state index contributed by atoms with van der Waals surface area (Å²) in [6, 6.07) is 4.71. The summed E-state index contributed by atoms with van der Waals surface area (Å²) >= 11 is 0. The van der Waals surface area contributed by atoms with Crippen molar-refractivity contribution < 1.29 is 19.4 Å². The molecule has 0 radical (unpaired) electrons. The maximum atomic E-state index is 12.0. The largest absolute Gasteiger partial charge is 0.507 e. The van der Waals surface area contributed by atoms with Gasteiger partial charge in [0.05, 0.1) is 12.7 Å². The normalized spacial score (nSPS) is 16.3. The van der Waals surface area contributed by atoms with Gasteiger partial charge in [-0.2, -0.15) is 0 Å². The smallest absolute Gasteiger partial charge is 0.255 e. The number of carbonyl (C=O) groups excluding carboxylic acids is 1. The summed E-state index contributed by atoms with van der Waals surface area (Å²) in [6.45, 7) is 1.32. The molecule has 5 heteroatoms. The first-order valence-electron chi connectivity index (χ1n) is 5.96. The second-order valence-corrected chi connectivity index (χ2v) is 4.24. The van der Waals surface area contributed by atoms with E-state index in [1.54, 1.807) is 6.07 Å². The first kappa shape index (κ1) is 12.7. The molecule has 0 unspecified atom stereocenters. The average Bonchev–Trinajstić information content (AvgIpc) is 2.40. The highest BCUT2D eigenvalue weighted by atomic mass is 16.5. The van der Waals surface area contributed by atoms with Gasteiger partial charge in [0.25, 0.3) is 5.91 Å². The number of carbonyl (C=O) groups is 1. The molecule has 1 fully saturated rings. The van der Waals surface area contributed by atoms with Gasteiger partial charge in [0.2, 0.25) is 0 Å². The van der Waals surface area contributed by atoms with Gasteiger partial charge in [-0.15, -0.1) is 0 Å². The van der Waals surface area contributed by atoms with Crippen LogP contribution in [0.2, 0.25) is 0 Å². The first-order chi connectivity index (χ1) is 8.70. The molecule has 1 heterocycles. The molecule has 0 atom stereocenters. The number of benzene rings is 1. The molecule has 1 saturated heterocycles. The lowest BCUT2D eigenvalue weighted by Gasteiger charge is -2.23. The lowest BCUT2D eigenvalue weighted by Crippen LogP contribution is -2.38. The van der Waals surface area contributed by atoms with E-state index in [0.29, 0.717) is 19.0 Å². The molecule has 1 amide bonds. The van der Waals surface area contributed by atoms with Gasteiger partial charge in [0.1, 0.15) is 11.5 Å². The van der Waals surface area contributed by atoms with Crippen LogP contribution < -0.4 is 10.1 Å². The summed E-state index contributed by atoms with van der Waals surface area (Å²) in [5.74, 6) is 0.226. The molecule has 0 saturated carbocycles. The fourth-order valence-corrected chi connectivity index (χ4v) is 1.93. The van der Waals surface area contributed by atoms with E-state index >= 15 is 0 Å². The number of hydrogen-bond acceptors (Lipinski definition) is 4. The van der Waals surface area contributed by atoms with Crippen LogP contribution in [0.4, 0.5) is 0 Å². The van der Waals surface area contributed by atoms with Crippen LogP contribution >= 0.6 is 0 Å². The SMILES string of the molecule is COc1ccc(O)c(C(=O)NC2CCOCC2)c1. The molecule has 0 bridgehead atoms. The fraction of sp³-hybridized carbons (Fsp3) is 0.462. The molecular weight excluding hydrogens is 234 g/mol. The van der Waals surface area contributed by atoms with Gasteiger partial charge in [-0.1, -0.05) is 0 Å². The Bertz CT molecular complexity index is 427. The summed E-state index contributed by atoms with van der Waals surface area (Å²) in [4.78, 5) is 12.0. The zero-order valence-electron chi connectivity index (χ0n) is 10.3. The number of phenolic OH excluding ortho intramolecular Hbond substituents is 1. The molecule has 0 aliphatic carbocycles. The van der Waals surface area contributed by atoms with Crippen molar-refractivity contribution in [2.75, 3.05) is 20.3 Å². The third-order valence-electron chi connectivity index (χ3n) is 3.00. The van der Waals surface area contributed by atoms with E-state index in [4.69, 9.17) is 9.47 Å². The maximum absolute atomic E-state index is 12.0. The Morgan fingerprint density at radius 1 is 1.44 bits per heavy atom. The van der Waals surface area contributed by atoms with E-state index in [1.807, 2.05) is 0 Å². The minimum Gasteiger partial charge on any atom is -0.507 e. The van der Waals surface area contributed by atoms with Crippen molar-refractivity contribution in [3.63, 3.8) is 0 Å². The standard InChI is InChI=1S/C13H17NO4/c1-17-10-2-3-12(15)11(8-10)13(16)14-9-4-6-18-7-5-9/h2-3,8-9,15H,4-7H2,1H3,(H,14,16). The number of amides is 1. The van der Waals surface area contributed by atoms with Crippen LogP contribution in [0.1, 0.15) is 23.2 Å². The molecule has 0 aromatic heterocycles. The minimum atomic E-state index is -0.279. The van der Waals surface area contributed by atoms with Crippen molar-refractivity contribution in [3.05, 3.63) is 23.8 Å². The van der Waals surface area contributed by atoms with E-state index < -0.39 is 0 Å². The average molecular weight is 251 g/mol. The van der Waals surface area contributed by atoms with E-state index in [1.165, 1.54) is 19.2 Å². The topological polar surface area (TPSA) is 67.8 Å². The van der Waals surface area contributed by atoms with Gasteiger partial charge < -0.3 is 19.9 Å². The first-order valence-corrected chi connectivity index (χ1v) is 5.96. The Morgan fingerprint density at radius 3 is 2.83 bits per heavy atom. The number of aromatic hydroxyl groups is 1. The van der Waals surface area contributed by atoms with E-state index in [-0.39, 0.29) is 23.3 Å². The minimum absolute atomic E-state index is 0.0413. The summed E-state index contributed by atoms with van der Waals surface area (Å²) in [7, 11) is 1.52. The Kier molecular flexibility index (Phi) is 4.04. The highest BCUT2D eigenvalue weighted by molar-refractivity contribution is 5.97. The van der Waals surface area contributed by atoms with Crippen molar-refractivity contribution in [1.82, 2.24) is 5.32 Å². The molecule has 1 aromatic carbocycles. The number of hydrogen-bond donors (Lipinski definition) is 2. The fourth-order valence-electron chi connectivity index (χ4n) is 1.93. The van der Waals surface area contributed by atoms with Gasteiger partial charge in [0, 0.05) is 19.3 Å². The summed E-state index contributed by atoms with van der Waals surface area (Å²) in [5, 5.41) is 12.6. The molecule has 2 rings (SSSR count). The van der Waals surface area contributed by atoms with Crippen LogP contribution in [0.5, 0.6) is 11.5 Å². The van der Waals surface area contributed by atoms with Gasteiger partial charge in [0.15, 0.2) is 0 Å². The lowest BCUT2D eigenvalue weighted by molar-refractivity contribution is 0.0695. The Labute approximate surface area is 106 Å². The van der Waals surface area contributed by atoms with Crippen LogP contribution in [0.15, 0.2) is 18.2 Å². The second kappa shape index (κ2) is 5.73. The summed E-state index contributed by atoms with van der Waals surface area (Å²) in [5.41, 5.74) is 0.237. The van der Waals surface area contributed by atoms with Gasteiger partial charge in [-0.05, 0) is 31.0 Å². The van der Waals surface area contributed by atoms with E-state index in [2.05, 4.69) is 5.32 Å². The molecule has 18 heavy (non-hydrogen) atoms. The summed E-state index contributed by atoms with van der Waals surface area (Å²) < 4.78 is 10.3. The predicted molar refractivity (Wildman–Crippen MR) is 66.0 cm³/mol. The predicted octanol–water partition coefficient (Wildman–Crippen LogP) is 1.31. The van der Waals surface area contributed by atoms with Gasteiger partial charge in [-0.3, -0.25) is 4.79 Å². The number of methoxy groups -OCH3 is 1. The zero-order valence-corrected chi connectivity index (χ0v) is 10.3. The van der Waals surface area contributed by atoms with Crippen LogP contribution in [0.25, 0.3) is 0 Å². The molecule has 1 aromatic rings. The number of nitrogens with one attached hydrogen (secondary N) is 1. The molecule has 0 spiro atoms. The number of rotatable bonds is 3. The Morgan fingerprint density at radius 2 is 2.17 bits per heavy atom. The zero-order chi connectivity index (χ0) is 13.0. The van der Waals surface area contributed by atoms with Crippen LogP contribution in [0.3, 0.4) is 0 Å². The van der Waals surface area contributed by atoms with E-state index in [9.17, 15) is 9.90 Å². The number of phenols is 1. The van der Waals surface area contributed by atoms with Crippen LogP contribution in [0, 0.1) is 0 Å². The van der Waals surface area contributed by atoms with Crippen molar-refractivity contribution >= 4 is 5.91 Å². The number of ether oxygens (including phenoxy) is 2. The maximum Gasteiger partial charge on any atom is 0.255 e. The molecule has 2 N–H and O–H groups in total. The van der Waals surface area contributed by atoms with E-state index in [0.717, 1.165) is 12.8 Å². The molecular formula is C13H17NO4. The van der Waals surface area contributed by atoms with Crippen LogP contribution in [-0.2, 0) is 4.74 Å². The van der Waals surface area contributed by atoms with Crippen molar-refractivity contribution in [2.24, 2.45) is 0 Å². The molecule has 98 valence electrons. The molecule has 1 aliphatic rings. The van der Waals surface area contributed by atoms with Crippen LogP contribution in [-0.4, -0.2) is 37.4 Å². The van der Waals surface area contributed by atoms with Gasteiger partial charge in [-0.25, -0.2) is 0 Å². The highest BCUT2D eigenvalue weighted by Crippen LogP contribution is 2.23. The Balaban J connectivity index is 2.07. The quantitative estimate of drug-likeness (QED) is 0.850. The van der Waals surface area contributed by atoms with Gasteiger partial charge >= 0.3 is 0 Å². The van der Waals surface area contributed by atoms with Crippen molar-refractivity contribution in [1.29, 1.82) is 0 Å². The highest BCUT2D eigenvalue weighted by Gasteiger charge is 2.19. The second-order valence-electron chi connectivity index (χ2n) is 4.24.